The molecule has 17 heteroatoms. The molecule has 0 saturated carbocycles. The lowest BCUT2D eigenvalue weighted by Gasteiger charge is -2.45. The number of benzene rings is 2. The van der Waals surface area contributed by atoms with Crippen LogP contribution in [0.2, 0.25) is 0 Å². The fourth-order valence-electron chi connectivity index (χ4n) is 4.99. The van der Waals surface area contributed by atoms with Gasteiger partial charge in [-0.05, 0) is 19.1 Å². The number of hydrogen-bond acceptors (Lipinski definition) is 17. The molecule has 0 aliphatic carbocycles. The first-order chi connectivity index (χ1) is 20.7. The number of ether oxygens (including phenoxy) is 4. The van der Waals surface area contributed by atoms with Crippen LogP contribution in [0.1, 0.15) is 6.92 Å². The van der Waals surface area contributed by atoms with Crippen LogP contribution in [0, 0.1) is 0 Å². The highest BCUT2D eigenvalue weighted by Gasteiger charge is 2.51. The largest absolute Gasteiger partial charge is 0.508 e. The molecule has 3 aromatic rings. The van der Waals surface area contributed by atoms with Crippen LogP contribution < -0.4 is 10.2 Å². The zero-order chi connectivity index (χ0) is 32.2. The summed E-state index contributed by atoms with van der Waals surface area (Å²) in [6, 6.07) is 3.60. The van der Waals surface area contributed by atoms with Gasteiger partial charge in [-0.3, -0.25) is 4.79 Å². The summed E-state index contributed by atoms with van der Waals surface area (Å²) < 4.78 is 28.2. The maximum absolute atomic E-state index is 13.7. The van der Waals surface area contributed by atoms with Gasteiger partial charge in [-0.1, -0.05) is 0 Å². The van der Waals surface area contributed by atoms with Crippen LogP contribution in [0.3, 0.4) is 0 Å². The van der Waals surface area contributed by atoms with Gasteiger partial charge in [-0.15, -0.1) is 0 Å². The molecule has 0 unspecified atom stereocenters. The van der Waals surface area contributed by atoms with E-state index in [0.29, 0.717) is 0 Å². The van der Waals surface area contributed by atoms with Crippen LogP contribution >= 0.6 is 0 Å². The van der Waals surface area contributed by atoms with Crippen molar-refractivity contribution in [3.63, 3.8) is 0 Å². The molecular weight excluding hydrogens is 596 g/mol. The van der Waals surface area contributed by atoms with Crippen LogP contribution in [0.4, 0.5) is 0 Å². The second-order valence-electron chi connectivity index (χ2n) is 10.4. The molecule has 2 fully saturated rings. The Labute approximate surface area is 246 Å². The van der Waals surface area contributed by atoms with E-state index >= 15 is 0 Å². The summed E-state index contributed by atoms with van der Waals surface area (Å²) in [6.45, 7) is 0.531. The van der Waals surface area contributed by atoms with Crippen molar-refractivity contribution in [2.24, 2.45) is 0 Å². The molecule has 1 aromatic heterocycles. The minimum Gasteiger partial charge on any atom is -0.508 e. The number of phenols is 5. The van der Waals surface area contributed by atoms with Crippen molar-refractivity contribution in [1.29, 1.82) is 0 Å². The zero-order valence-corrected chi connectivity index (χ0v) is 22.7. The SMILES string of the molecule is C[C@@H]1O[C@@H](Oc2c(-c3cc(O)c(O)c(O)c3)oc3cc(O)cc(O)c3c2=O)[C@H](O[C@@H]2O[C@H](CO)[C@@H](O)[C@H](O)[C@H]2O)[C@H](O)[C@H]1O. The van der Waals surface area contributed by atoms with E-state index in [-0.39, 0.29) is 11.1 Å². The molecule has 2 aliphatic heterocycles. The lowest BCUT2D eigenvalue weighted by Crippen LogP contribution is -2.64. The van der Waals surface area contributed by atoms with Crippen molar-refractivity contribution in [2.75, 3.05) is 6.61 Å². The van der Waals surface area contributed by atoms with Crippen LogP contribution in [0.15, 0.2) is 33.5 Å². The summed E-state index contributed by atoms with van der Waals surface area (Å²) in [7, 11) is 0. The number of fused-ring (bicyclic) bond motifs is 1. The van der Waals surface area contributed by atoms with E-state index in [4.69, 9.17) is 23.4 Å². The minimum absolute atomic E-state index is 0.259. The molecule has 5 rings (SSSR count). The van der Waals surface area contributed by atoms with E-state index in [0.717, 1.165) is 24.3 Å². The van der Waals surface area contributed by atoms with Crippen molar-refractivity contribution in [1.82, 2.24) is 0 Å². The summed E-state index contributed by atoms with van der Waals surface area (Å²) in [5.41, 5.74) is -1.72. The van der Waals surface area contributed by atoms with Gasteiger partial charge in [-0.25, -0.2) is 0 Å². The van der Waals surface area contributed by atoms with Gasteiger partial charge in [0.1, 0.15) is 59.1 Å². The van der Waals surface area contributed by atoms with Crippen molar-refractivity contribution < 1.29 is 79.5 Å². The topological polar surface area (TPSA) is 290 Å². The summed E-state index contributed by atoms with van der Waals surface area (Å²) in [5, 5.41) is 112. The highest BCUT2D eigenvalue weighted by molar-refractivity contribution is 5.88. The predicted molar refractivity (Wildman–Crippen MR) is 142 cm³/mol. The van der Waals surface area contributed by atoms with Gasteiger partial charge in [-0.2, -0.15) is 0 Å². The Balaban J connectivity index is 1.62. The van der Waals surface area contributed by atoms with Gasteiger partial charge in [0.25, 0.3) is 0 Å². The summed E-state index contributed by atoms with van der Waals surface area (Å²) in [4.78, 5) is 13.7. The lowest BCUT2D eigenvalue weighted by molar-refractivity contribution is -0.355. The molecule has 10 atom stereocenters. The van der Waals surface area contributed by atoms with E-state index in [2.05, 4.69) is 0 Å². The number of phenolic OH excluding ortho intramolecular Hbond substituents is 5. The second kappa shape index (κ2) is 11.9. The second-order valence-corrected chi connectivity index (χ2v) is 10.4. The molecular formula is C27H30O17. The summed E-state index contributed by atoms with van der Waals surface area (Å²) in [5.74, 6) is -5.11. The number of rotatable bonds is 6. The molecule has 2 saturated heterocycles. The molecule has 44 heavy (non-hydrogen) atoms. The Morgan fingerprint density at radius 1 is 0.773 bits per heavy atom. The Morgan fingerprint density at radius 3 is 2.07 bits per heavy atom. The number of aromatic hydroxyl groups is 5. The van der Waals surface area contributed by atoms with Gasteiger partial charge in [0.15, 0.2) is 35.4 Å². The maximum Gasteiger partial charge on any atom is 0.239 e. The summed E-state index contributed by atoms with van der Waals surface area (Å²) >= 11 is 0. The number of aliphatic hydroxyl groups is 6. The third-order valence-corrected chi connectivity index (χ3v) is 7.41. The van der Waals surface area contributed by atoms with Crippen molar-refractivity contribution in [3.8, 4) is 45.8 Å². The van der Waals surface area contributed by atoms with Crippen molar-refractivity contribution >= 4 is 11.0 Å². The van der Waals surface area contributed by atoms with Gasteiger partial charge in [0, 0.05) is 17.7 Å². The quantitative estimate of drug-likeness (QED) is 0.132. The molecule has 17 nitrogen and oxygen atoms in total. The van der Waals surface area contributed by atoms with E-state index in [1.165, 1.54) is 6.92 Å². The van der Waals surface area contributed by atoms with Crippen LogP contribution in [0.5, 0.6) is 34.5 Å². The summed E-state index contributed by atoms with van der Waals surface area (Å²) in [6.07, 6.45) is -17.1. The van der Waals surface area contributed by atoms with Gasteiger partial charge >= 0.3 is 0 Å². The standard InChI is InChI=1S/C27H30O17/c1-7-16(33)21(38)25(44-26-22(39)20(37)18(35)14(6-28)42-26)27(40-7)43-24-19(36)15-10(30)4-9(29)5-13(15)41-23(24)8-2-11(31)17(34)12(32)3-8/h2-5,7,14,16,18,20-22,25-35,37-39H,6H2,1H3/t7-,14+,16-,18+,20-,21+,22+,25+,26-,27-/m0/s1. The number of aliphatic hydroxyl groups excluding tert-OH is 6. The van der Waals surface area contributed by atoms with Gasteiger partial charge < -0.3 is 79.5 Å². The van der Waals surface area contributed by atoms with Gasteiger partial charge in [0.05, 0.1) is 12.7 Å². The molecule has 2 aromatic carbocycles. The molecule has 2 aliphatic rings. The van der Waals surface area contributed by atoms with E-state index in [9.17, 15) is 61.0 Å². The first-order valence-electron chi connectivity index (χ1n) is 13.2. The highest BCUT2D eigenvalue weighted by atomic mass is 16.8. The van der Waals surface area contributed by atoms with E-state index in [1.807, 2.05) is 0 Å². The third-order valence-electron chi connectivity index (χ3n) is 7.41. The Kier molecular flexibility index (Phi) is 8.51. The van der Waals surface area contributed by atoms with Crippen LogP contribution in [-0.4, -0.2) is 124 Å². The molecule has 240 valence electrons. The lowest BCUT2D eigenvalue weighted by atomic mass is 9.97. The van der Waals surface area contributed by atoms with E-state index < -0.39 is 119 Å². The smallest absolute Gasteiger partial charge is 0.239 e. The zero-order valence-electron chi connectivity index (χ0n) is 22.7. The average Bonchev–Trinajstić information content (AvgIpc) is 2.97. The molecule has 0 bridgehead atoms. The first kappa shape index (κ1) is 31.5. The fourth-order valence-corrected chi connectivity index (χ4v) is 4.99. The monoisotopic (exact) mass is 626 g/mol. The molecule has 0 amide bonds. The minimum atomic E-state index is -1.94. The highest BCUT2D eigenvalue weighted by Crippen LogP contribution is 2.43. The van der Waals surface area contributed by atoms with Crippen molar-refractivity contribution in [2.45, 2.75) is 68.3 Å². The predicted octanol–water partition coefficient (Wildman–Crippen LogP) is -1.98. The van der Waals surface area contributed by atoms with Gasteiger partial charge in [0.2, 0.25) is 17.5 Å². The molecule has 3 heterocycles. The van der Waals surface area contributed by atoms with Crippen LogP contribution in [0.25, 0.3) is 22.3 Å². The van der Waals surface area contributed by atoms with Crippen molar-refractivity contribution in [3.05, 3.63) is 34.5 Å². The Hall–Kier alpha value is -3.91. The fraction of sp³-hybridized carbons (Fsp3) is 0.444. The first-order valence-corrected chi connectivity index (χ1v) is 13.2. The maximum atomic E-state index is 13.7. The Morgan fingerprint density at radius 2 is 1.43 bits per heavy atom. The molecule has 0 radical (unpaired) electrons. The Bertz CT molecular complexity index is 1560. The number of hydrogen-bond donors (Lipinski definition) is 11. The average molecular weight is 627 g/mol. The molecule has 11 N–H and O–H groups in total. The third kappa shape index (κ3) is 5.45. The molecule has 0 spiro atoms. The van der Waals surface area contributed by atoms with E-state index in [1.54, 1.807) is 0 Å². The normalized spacial score (nSPS) is 32.5. The van der Waals surface area contributed by atoms with Crippen LogP contribution in [-0.2, 0) is 14.2 Å².